The minimum atomic E-state index is 0.124. The molecule has 0 saturated heterocycles. The van der Waals surface area contributed by atoms with Gasteiger partial charge in [-0.05, 0) is 25.1 Å². The number of rotatable bonds is 0. The van der Waals surface area contributed by atoms with Crippen molar-refractivity contribution >= 4 is 28.8 Å². The summed E-state index contributed by atoms with van der Waals surface area (Å²) in [5.41, 5.74) is 2.22. The lowest BCUT2D eigenvalue weighted by Crippen LogP contribution is -2.10. The van der Waals surface area contributed by atoms with Crippen LogP contribution in [-0.2, 0) is 0 Å². The summed E-state index contributed by atoms with van der Waals surface area (Å²) >= 11 is 5.79. The highest BCUT2D eigenvalue weighted by Crippen LogP contribution is 2.28. The fourth-order valence-electron chi connectivity index (χ4n) is 1.41. The van der Waals surface area contributed by atoms with Gasteiger partial charge in [-0.1, -0.05) is 11.6 Å². The maximum Gasteiger partial charge on any atom is 0.170 e. The number of hydrogen-bond acceptors (Lipinski definition) is 2. The number of benzene rings is 1. The van der Waals surface area contributed by atoms with E-state index in [-0.39, 0.29) is 5.78 Å². The number of Topliss-reactive ketones (excluding diaryl/α,β-unsaturated/α-hetero) is 1. The third-order valence-electron chi connectivity index (χ3n) is 1.99. The van der Waals surface area contributed by atoms with Crippen molar-refractivity contribution in [2.75, 3.05) is 0 Å². The minimum Gasteiger partial charge on any atom is -0.294 e. The molecule has 2 rings (SSSR count). The molecule has 0 fully saturated rings. The second kappa shape index (κ2) is 2.96. The number of ketones is 1. The molecular formula is C10H8ClNO. The smallest absolute Gasteiger partial charge is 0.170 e. The van der Waals surface area contributed by atoms with E-state index in [2.05, 4.69) is 4.99 Å². The monoisotopic (exact) mass is 193 g/mol. The van der Waals surface area contributed by atoms with Crippen LogP contribution in [0, 0.1) is 0 Å². The van der Waals surface area contributed by atoms with E-state index in [1.807, 2.05) is 6.92 Å². The van der Waals surface area contributed by atoms with E-state index in [0.29, 0.717) is 22.7 Å². The topological polar surface area (TPSA) is 29.4 Å². The van der Waals surface area contributed by atoms with Gasteiger partial charge >= 0.3 is 0 Å². The van der Waals surface area contributed by atoms with Crippen molar-refractivity contribution in [2.45, 2.75) is 13.3 Å². The van der Waals surface area contributed by atoms with Crippen molar-refractivity contribution in [1.29, 1.82) is 0 Å². The van der Waals surface area contributed by atoms with E-state index in [0.717, 1.165) is 5.71 Å². The number of carbonyl (C=O) groups is 1. The highest BCUT2D eigenvalue weighted by atomic mass is 35.5. The minimum absolute atomic E-state index is 0.124. The summed E-state index contributed by atoms with van der Waals surface area (Å²) < 4.78 is 0. The molecule has 13 heavy (non-hydrogen) atoms. The Morgan fingerprint density at radius 3 is 3.00 bits per heavy atom. The normalized spacial score (nSPS) is 15.2. The van der Waals surface area contributed by atoms with Gasteiger partial charge in [-0.2, -0.15) is 0 Å². The zero-order valence-electron chi connectivity index (χ0n) is 7.17. The first-order valence-electron chi connectivity index (χ1n) is 4.04. The summed E-state index contributed by atoms with van der Waals surface area (Å²) in [7, 11) is 0. The lowest BCUT2D eigenvalue weighted by molar-refractivity contribution is 0.0999. The molecule has 1 heterocycles. The fraction of sp³-hybridized carbons (Fsp3) is 0.200. The van der Waals surface area contributed by atoms with Crippen molar-refractivity contribution in [3.05, 3.63) is 28.8 Å². The lowest BCUT2D eigenvalue weighted by Gasteiger charge is -2.11. The van der Waals surface area contributed by atoms with Crippen molar-refractivity contribution < 1.29 is 4.79 Å². The highest BCUT2D eigenvalue weighted by Gasteiger charge is 2.17. The predicted molar refractivity (Wildman–Crippen MR) is 53.2 cm³/mol. The van der Waals surface area contributed by atoms with Crippen molar-refractivity contribution in [3.8, 4) is 0 Å². The van der Waals surface area contributed by atoms with Gasteiger partial charge in [-0.25, -0.2) is 0 Å². The summed E-state index contributed by atoms with van der Waals surface area (Å²) in [4.78, 5) is 15.8. The van der Waals surface area contributed by atoms with E-state index < -0.39 is 0 Å². The fourth-order valence-corrected chi connectivity index (χ4v) is 1.57. The molecule has 3 heteroatoms. The molecule has 0 atom stereocenters. The Kier molecular flexibility index (Phi) is 1.93. The van der Waals surface area contributed by atoms with Gasteiger partial charge in [0, 0.05) is 22.7 Å². The number of halogens is 1. The Morgan fingerprint density at radius 2 is 2.23 bits per heavy atom. The molecule has 1 aliphatic rings. The first-order chi connectivity index (χ1) is 6.16. The summed E-state index contributed by atoms with van der Waals surface area (Å²) in [6, 6.07) is 5.17. The summed E-state index contributed by atoms with van der Waals surface area (Å²) in [5, 5.41) is 0.616. The van der Waals surface area contributed by atoms with Crippen molar-refractivity contribution in [3.63, 3.8) is 0 Å². The van der Waals surface area contributed by atoms with Gasteiger partial charge in [0.1, 0.15) is 0 Å². The van der Waals surface area contributed by atoms with Crippen LogP contribution in [0.25, 0.3) is 0 Å². The molecule has 66 valence electrons. The van der Waals surface area contributed by atoms with E-state index in [1.165, 1.54) is 0 Å². The summed E-state index contributed by atoms with van der Waals surface area (Å²) in [5.74, 6) is 0.124. The molecule has 0 saturated carbocycles. The Balaban J connectivity index is 2.63. The largest absolute Gasteiger partial charge is 0.294 e. The molecule has 0 radical (unpaired) electrons. The van der Waals surface area contributed by atoms with Crippen LogP contribution in [0.1, 0.15) is 23.7 Å². The maximum absolute atomic E-state index is 11.5. The van der Waals surface area contributed by atoms with E-state index in [1.54, 1.807) is 18.2 Å². The zero-order valence-corrected chi connectivity index (χ0v) is 7.93. The third-order valence-corrected chi connectivity index (χ3v) is 2.22. The first kappa shape index (κ1) is 8.45. The van der Waals surface area contributed by atoms with Gasteiger partial charge in [-0.3, -0.25) is 9.79 Å². The molecular weight excluding hydrogens is 186 g/mol. The van der Waals surface area contributed by atoms with Gasteiger partial charge in [-0.15, -0.1) is 0 Å². The molecule has 1 aromatic rings. The van der Waals surface area contributed by atoms with E-state index >= 15 is 0 Å². The van der Waals surface area contributed by atoms with Crippen LogP contribution in [0.3, 0.4) is 0 Å². The molecule has 0 unspecified atom stereocenters. The lowest BCUT2D eigenvalue weighted by atomic mass is 10.0. The second-order valence-electron chi connectivity index (χ2n) is 3.11. The number of carbonyl (C=O) groups excluding carboxylic acids is 1. The Morgan fingerprint density at radius 1 is 1.46 bits per heavy atom. The molecule has 1 aromatic carbocycles. The highest BCUT2D eigenvalue weighted by molar-refractivity contribution is 6.31. The van der Waals surface area contributed by atoms with Gasteiger partial charge in [0.2, 0.25) is 0 Å². The number of nitrogens with zero attached hydrogens (tertiary/aromatic N) is 1. The van der Waals surface area contributed by atoms with Crippen LogP contribution in [0.15, 0.2) is 23.2 Å². The quantitative estimate of drug-likeness (QED) is 0.623. The molecule has 0 bridgehead atoms. The molecule has 0 N–H and O–H groups in total. The van der Waals surface area contributed by atoms with Crippen LogP contribution in [-0.4, -0.2) is 11.5 Å². The molecule has 1 aliphatic heterocycles. The van der Waals surface area contributed by atoms with Gasteiger partial charge in [0.05, 0.1) is 5.69 Å². The first-order valence-corrected chi connectivity index (χ1v) is 4.41. The average Bonchev–Trinajstić information content (AvgIpc) is 2.02. The molecule has 0 aromatic heterocycles. The number of fused-ring (bicyclic) bond motifs is 1. The average molecular weight is 194 g/mol. The van der Waals surface area contributed by atoms with Gasteiger partial charge < -0.3 is 0 Å². The van der Waals surface area contributed by atoms with Crippen LogP contribution in [0.4, 0.5) is 5.69 Å². The van der Waals surface area contributed by atoms with Crippen LogP contribution in [0.5, 0.6) is 0 Å². The standard InChI is InChI=1S/C10H8ClNO/c1-6-4-10(13)8-3-2-7(11)5-9(8)12-6/h2-3,5H,4H2,1H3. The zero-order chi connectivity index (χ0) is 9.42. The summed E-state index contributed by atoms with van der Waals surface area (Å²) in [6.45, 7) is 1.85. The second-order valence-corrected chi connectivity index (χ2v) is 3.54. The van der Waals surface area contributed by atoms with Crippen LogP contribution >= 0.6 is 11.6 Å². The molecule has 0 aliphatic carbocycles. The third kappa shape index (κ3) is 1.49. The Hall–Kier alpha value is -1.15. The van der Waals surface area contributed by atoms with Crippen molar-refractivity contribution in [2.24, 2.45) is 4.99 Å². The van der Waals surface area contributed by atoms with Crippen LogP contribution in [0.2, 0.25) is 5.02 Å². The molecule has 0 spiro atoms. The Labute approximate surface area is 81.2 Å². The van der Waals surface area contributed by atoms with Crippen LogP contribution < -0.4 is 0 Å². The molecule has 2 nitrogen and oxygen atoms in total. The Bertz CT molecular complexity index is 409. The number of hydrogen-bond donors (Lipinski definition) is 0. The van der Waals surface area contributed by atoms with E-state index in [9.17, 15) is 4.79 Å². The van der Waals surface area contributed by atoms with Gasteiger partial charge in [0.15, 0.2) is 5.78 Å². The molecule has 0 amide bonds. The van der Waals surface area contributed by atoms with E-state index in [4.69, 9.17) is 11.6 Å². The number of aliphatic imine (C=N–C) groups is 1. The van der Waals surface area contributed by atoms with Gasteiger partial charge in [0.25, 0.3) is 0 Å². The predicted octanol–water partition coefficient (Wildman–Crippen LogP) is 3.02. The maximum atomic E-state index is 11.5. The SMILES string of the molecule is CC1=Nc2cc(Cl)ccc2C(=O)C1. The summed E-state index contributed by atoms with van der Waals surface area (Å²) in [6.07, 6.45) is 0.425. The van der Waals surface area contributed by atoms with Crippen molar-refractivity contribution in [1.82, 2.24) is 0 Å².